The molecule has 3 aliphatic rings. The second-order valence-electron chi connectivity index (χ2n) is 8.29. The Bertz CT molecular complexity index is 725. The number of hydrogen-bond acceptors (Lipinski definition) is 4. The largest absolute Gasteiger partial charge is 0.482 e. The van der Waals surface area contributed by atoms with E-state index in [9.17, 15) is 9.59 Å². The lowest BCUT2D eigenvalue weighted by atomic mass is 9.55. The summed E-state index contributed by atoms with van der Waals surface area (Å²) in [4.78, 5) is 23.9. The van der Waals surface area contributed by atoms with Gasteiger partial charge >= 0.3 is 5.97 Å². The monoisotopic (exact) mass is 356 g/mol. The number of esters is 1. The Morgan fingerprint density at radius 2 is 2.08 bits per heavy atom. The Kier molecular flexibility index (Phi) is 4.54. The third-order valence-electron chi connectivity index (χ3n) is 7.07. The number of hydrogen-bond donors (Lipinski definition) is 0. The molecule has 4 atom stereocenters. The Hall–Kier alpha value is -1.84. The van der Waals surface area contributed by atoms with Crippen molar-refractivity contribution in [3.05, 3.63) is 29.3 Å². The van der Waals surface area contributed by atoms with Gasteiger partial charge in [-0.15, -0.1) is 0 Å². The minimum absolute atomic E-state index is 0.0405. The fourth-order valence-electron chi connectivity index (χ4n) is 5.76. The van der Waals surface area contributed by atoms with Gasteiger partial charge in [0.1, 0.15) is 11.5 Å². The van der Waals surface area contributed by atoms with Crippen LogP contribution in [0, 0.1) is 17.3 Å². The number of ether oxygens (including phenoxy) is 2. The minimum atomic E-state index is -0.331. The Labute approximate surface area is 155 Å². The van der Waals surface area contributed by atoms with Crippen LogP contribution in [0.25, 0.3) is 0 Å². The van der Waals surface area contributed by atoms with Gasteiger partial charge in [0.25, 0.3) is 0 Å². The lowest BCUT2D eigenvalue weighted by Gasteiger charge is -2.48. The molecule has 140 valence electrons. The van der Waals surface area contributed by atoms with Gasteiger partial charge in [0.15, 0.2) is 6.61 Å². The second kappa shape index (κ2) is 6.71. The van der Waals surface area contributed by atoms with E-state index in [2.05, 4.69) is 19.1 Å². The molecule has 4 rings (SSSR count). The van der Waals surface area contributed by atoms with E-state index in [0.717, 1.165) is 44.3 Å². The molecule has 0 unspecified atom stereocenters. The Morgan fingerprint density at radius 3 is 2.88 bits per heavy atom. The predicted molar refractivity (Wildman–Crippen MR) is 98.2 cm³/mol. The summed E-state index contributed by atoms with van der Waals surface area (Å²) in [5.41, 5.74) is 2.72. The molecule has 4 nitrogen and oxygen atoms in total. The molecular weight excluding hydrogens is 328 g/mol. The fourth-order valence-corrected chi connectivity index (χ4v) is 5.76. The minimum Gasteiger partial charge on any atom is -0.482 e. The quantitative estimate of drug-likeness (QED) is 0.764. The fraction of sp³-hybridized carbons (Fsp3) is 0.636. The van der Waals surface area contributed by atoms with Gasteiger partial charge in [-0.2, -0.15) is 0 Å². The number of Topliss-reactive ketones (excluding diaryl/α,β-unsaturated/α-hetero) is 1. The Balaban J connectivity index is 1.51. The molecule has 0 aliphatic heterocycles. The summed E-state index contributed by atoms with van der Waals surface area (Å²) in [7, 11) is 0. The molecule has 0 radical (unpaired) electrons. The molecule has 0 amide bonds. The second-order valence-corrected chi connectivity index (χ2v) is 8.29. The van der Waals surface area contributed by atoms with Crippen LogP contribution in [-0.4, -0.2) is 25.0 Å². The molecule has 1 aromatic carbocycles. The zero-order valence-electron chi connectivity index (χ0n) is 15.8. The highest BCUT2D eigenvalue weighted by atomic mass is 16.6. The van der Waals surface area contributed by atoms with Crippen molar-refractivity contribution in [1.29, 1.82) is 0 Å². The lowest BCUT2D eigenvalue weighted by molar-refractivity contribution is -0.145. The normalized spacial score (nSPS) is 32.4. The van der Waals surface area contributed by atoms with Crippen LogP contribution in [0.4, 0.5) is 0 Å². The van der Waals surface area contributed by atoms with E-state index in [0.29, 0.717) is 30.1 Å². The van der Waals surface area contributed by atoms with Gasteiger partial charge in [-0.3, -0.25) is 4.79 Å². The number of fused-ring (bicyclic) bond motifs is 5. The van der Waals surface area contributed by atoms with E-state index in [1.54, 1.807) is 6.92 Å². The first-order valence-corrected chi connectivity index (χ1v) is 9.97. The molecule has 3 aliphatic carbocycles. The SMILES string of the molecule is CCOC(=O)COc1ccc2c(c1)CC[C@@H]1[C@@H]2CC[C@]2(C)C(=O)CC[C@@H]12. The van der Waals surface area contributed by atoms with Crippen molar-refractivity contribution in [1.82, 2.24) is 0 Å². The van der Waals surface area contributed by atoms with Gasteiger partial charge in [-0.05, 0) is 80.0 Å². The summed E-state index contributed by atoms with van der Waals surface area (Å²) in [6.45, 7) is 4.34. The maximum Gasteiger partial charge on any atom is 0.344 e. The summed E-state index contributed by atoms with van der Waals surface area (Å²) < 4.78 is 10.5. The molecule has 0 N–H and O–H groups in total. The summed E-state index contributed by atoms with van der Waals surface area (Å²) >= 11 is 0. The predicted octanol–water partition coefficient (Wildman–Crippen LogP) is 4.05. The van der Waals surface area contributed by atoms with Crippen LogP contribution in [0.15, 0.2) is 18.2 Å². The van der Waals surface area contributed by atoms with E-state index < -0.39 is 0 Å². The van der Waals surface area contributed by atoms with E-state index in [1.807, 2.05) is 6.07 Å². The molecule has 0 heterocycles. The zero-order chi connectivity index (χ0) is 18.3. The first kappa shape index (κ1) is 17.6. The van der Waals surface area contributed by atoms with Crippen LogP contribution < -0.4 is 4.74 Å². The van der Waals surface area contributed by atoms with E-state index in [4.69, 9.17) is 9.47 Å². The molecule has 2 saturated carbocycles. The third-order valence-corrected chi connectivity index (χ3v) is 7.07. The number of carbonyl (C=O) groups excluding carboxylic acids is 2. The Morgan fingerprint density at radius 1 is 1.23 bits per heavy atom. The highest BCUT2D eigenvalue weighted by Gasteiger charge is 2.54. The van der Waals surface area contributed by atoms with Crippen molar-refractivity contribution in [2.24, 2.45) is 17.3 Å². The summed E-state index contributed by atoms with van der Waals surface area (Å²) in [6.07, 6.45) is 6.18. The van der Waals surface area contributed by atoms with E-state index in [-0.39, 0.29) is 18.0 Å². The molecule has 4 heteroatoms. The average molecular weight is 356 g/mol. The van der Waals surface area contributed by atoms with Crippen molar-refractivity contribution in [2.45, 2.75) is 58.3 Å². The van der Waals surface area contributed by atoms with Gasteiger partial charge in [-0.25, -0.2) is 4.79 Å². The lowest BCUT2D eigenvalue weighted by Crippen LogP contribution is -2.42. The number of rotatable bonds is 4. The number of ketones is 1. The third kappa shape index (κ3) is 2.83. The molecule has 1 aromatic rings. The summed E-state index contributed by atoms with van der Waals surface area (Å²) in [6, 6.07) is 6.26. The molecule has 0 bridgehead atoms. The zero-order valence-corrected chi connectivity index (χ0v) is 15.8. The van der Waals surface area contributed by atoms with Gasteiger partial charge in [0.05, 0.1) is 6.61 Å². The van der Waals surface area contributed by atoms with Crippen LogP contribution in [-0.2, 0) is 20.7 Å². The summed E-state index contributed by atoms with van der Waals surface area (Å²) in [5.74, 6) is 2.67. The standard InChI is InChI=1S/C22H28O4/c1-3-25-21(24)13-26-15-5-7-16-14(12-15)4-6-18-17(16)10-11-22(2)19(18)8-9-20(22)23/h5,7,12,17-19H,3-4,6,8-11,13H2,1-2H3/t17-,18-,19+,22+/m1/s1. The van der Waals surface area contributed by atoms with Crippen molar-refractivity contribution in [2.75, 3.05) is 13.2 Å². The number of benzene rings is 1. The molecule has 26 heavy (non-hydrogen) atoms. The van der Waals surface area contributed by atoms with Crippen LogP contribution >= 0.6 is 0 Å². The molecule has 0 spiro atoms. The number of aryl methyl sites for hydroxylation is 1. The average Bonchev–Trinajstić information content (AvgIpc) is 2.95. The van der Waals surface area contributed by atoms with Gasteiger partial charge in [0, 0.05) is 11.8 Å². The first-order chi connectivity index (χ1) is 12.5. The number of carbonyl (C=O) groups is 2. The van der Waals surface area contributed by atoms with Gasteiger partial charge in [0.2, 0.25) is 0 Å². The highest BCUT2D eigenvalue weighted by Crippen LogP contribution is 2.59. The van der Waals surface area contributed by atoms with Gasteiger partial charge in [-0.1, -0.05) is 13.0 Å². The van der Waals surface area contributed by atoms with Crippen LogP contribution in [0.5, 0.6) is 5.75 Å². The molecule has 0 saturated heterocycles. The van der Waals surface area contributed by atoms with Gasteiger partial charge < -0.3 is 9.47 Å². The summed E-state index contributed by atoms with van der Waals surface area (Å²) in [5, 5.41) is 0. The first-order valence-electron chi connectivity index (χ1n) is 9.97. The maximum atomic E-state index is 12.4. The maximum absolute atomic E-state index is 12.4. The van der Waals surface area contributed by atoms with Crippen LogP contribution in [0.2, 0.25) is 0 Å². The highest BCUT2D eigenvalue weighted by molar-refractivity contribution is 5.87. The van der Waals surface area contributed by atoms with Crippen LogP contribution in [0.1, 0.15) is 63.0 Å². The van der Waals surface area contributed by atoms with Crippen molar-refractivity contribution in [3.63, 3.8) is 0 Å². The topological polar surface area (TPSA) is 52.6 Å². The van der Waals surface area contributed by atoms with E-state index >= 15 is 0 Å². The van der Waals surface area contributed by atoms with Crippen molar-refractivity contribution >= 4 is 11.8 Å². The molecule has 2 fully saturated rings. The molecular formula is C22H28O4. The van der Waals surface area contributed by atoms with Crippen molar-refractivity contribution in [3.8, 4) is 5.75 Å². The van der Waals surface area contributed by atoms with E-state index in [1.165, 1.54) is 11.1 Å². The smallest absolute Gasteiger partial charge is 0.344 e. The molecule has 0 aromatic heterocycles. The van der Waals surface area contributed by atoms with Crippen molar-refractivity contribution < 1.29 is 19.1 Å². The van der Waals surface area contributed by atoms with Crippen LogP contribution in [0.3, 0.4) is 0 Å².